The number of alkyl halides is 4. The predicted octanol–water partition coefficient (Wildman–Crippen LogP) is 4.33. The zero-order valence-electron chi connectivity index (χ0n) is 11.7. The molecule has 1 rings (SSSR count). The van der Waals surface area contributed by atoms with Gasteiger partial charge in [0.05, 0.1) is 13.2 Å². The Bertz CT molecular complexity index is 424. The lowest BCUT2D eigenvalue weighted by atomic mass is 10.2. The molecule has 0 fully saturated rings. The topological polar surface area (TPSA) is 27.7 Å². The van der Waals surface area contributed by atoms with Crippen LogP contribution in [0.3, 0.4) is 0 Å². The van der Waals surface area contributed by atoms with Crippen molar-refractivity contribution >= 4 is 15.9 Å². The molecule has 3 nitrogen and oxygen atoms in total. The van der Waals surface area contributed by atoms with Gasteiger partial charge in [0.1, 0.15) is 24.7 Å². The van der Waals surface area contributed by atoms with Crippen molar-refractivity contribution in [3.8, 4) is 11.5 Å². The molecule has 1 aromatic carbocycles. The Morgan fingerprint density at radius 2 is 1.86 bits per heavy atom. The minimum absolute atomic E-state index is 0.0489. The van der Waals surface area contributed by atoms with Gasteiger partial charge >= 0.3 is 6.18 Å². The Labute approximate surface area is 130 Å². The summed E-state index contributed by atoms with van der Waals surface area (Å²) in [7, 11) is 0. The second-order valence-electron chi connectivity index (χ2n) is 4.27. The summed E-state index contributed by atoms with van der Waals surface area (Å²) in [6.07, 6.45) is -3.42. The van der Waals surface area contributed by atoms with E-state index in [1.54, 1.807) is 6.07 Å². The Morgan fingerprint density at radius 1 is 1.10 bits per heavy atom. The van der Waals surface area contributed by atoms with Crippen LogP contribution in [-0.2, 0) is 10.1 Å². The third-order valence-corrected chi connectivity index (χ3v) is 3.01. The molecule has 0 atom stereocenters. The molecule has 0 heterocycles. The van der Waals surface area contributed by atoms with Crippen LogP contribution in [0, 0.1) is 0 Å². The molecular weight excluding hydrogens is 353 g/mol. The molecule has 0 amide bonds. The highest BCUT2D eigenvalue weighted by Crippen LogP contribution is 2.27. The second kappa shape index (κ2) is 9.15. The lowest BCUT2D eigenvalue weighted by molar-refractivity contribution is -0.175. The second-order valence-corrected chi connectivity index (χ2v) is 4.83. The van der Waals surface area contributed by atoms with Crippen LogP contribution in [0.25, 0.3) is 0 Å². The van der Waals surface area contributed by atoms with E-state index >= 15 is 0 Å². The zero-order valence-corrected chi connectivity index (χ0v) is 13.3. The Morgan fingerprint density at radius 3 is 2.48 bits per heavy atom. The van der Waals surface area contributed by atoms with Gasteiger partial charge in [0, 0.05) is 17.0 Å². The van der Waals surface area contributed by atoms with E-state index in [0.717, 1.165) is 12.0 Å². The van der Waals surface area contributed by atoms with Gasteiger partial charge in [-0.2, -0.15) is 13.2 Å². The van der Waals surface area contributed by atoms with Gasteiger partial charge < -0.3 is 14.2 Å². The summed E-state index contributed by atoms with van der Waals surface area (Å²) in [5.74, 6) is 1.25. The van der Waals surface area contributed by atoms with Crippen LogP contribution in [0.5, 0.6) is 11.5 Å². The van der Waals surface area contributed by atoms with Crippen LogP contribution < -0.4 is 9.47 Å². The zero-order chi connectivity index (χ0) is 15.7. The van der Waals surface area contributed by atoms with E-state index in [9.17, 15) is 13.2 Å². The fraction of sp³-hybridized carbons (Fsp3) is 0.571. The summed E-state index contributed by atoms with van der Waals surface area (Å²) in [5, 5.41) is 0.583. The molecule has 0 aliphatic rings. The van der Waals surface area contributed by atoms with Crippen LogP contribution in [0.15, 0.2) is 18.2 Å². The molecule has 0 radical (unpaired) electrons. The first-order valence-electron chi connectivity index (χ1n) is 6.55. The molecular formula is C14H18BrF3O3. The van der Waals surface area contributed by atoms with Crippen LogP contribution in [0.1, 0.15) is 18.9 Å². The van der Waals surface area contributed by atoms with Gasteiger partial charge in [-0.3, -0.25) is 0 Å². The fourth-order valence-electron chi connectivity index (χ4n) is 1.49. The van der Waals surface area contributed by atoms with Crippen molar-refractivity contribution in [1.29, 1.82) is 0 Å². The monoisotopic (exact) mass is 370 g/mol. The molecule has 0 spiro atoms. The van der Waals surface area contributed by atoms with E-state index in [0.29, 0.717) is 23.4 Å². The summed E-state index contributed by atoms with van der Waals surface area (Å²) in [6.45, 7) is 1.26. The minimum Gasteiger partial charge on any atom is -0.493 e. The molecule has 0 saturated heterocycles. The van der Waals surface area contributed by atoms with Gasteiger partial charge in [0.25, 0.3) is 0 Å². The quantitative estimate of drug-likeness (QED) is 0.478. The van der Waals surface area contributed by atoms with Crippen molar-refractivity contribution in [2.75, 3.05) is 26.4 Å². The van der Waals surface area contributed by atoms with E-state index in [1.165, 1.54) is 0 Å². The maximum Gasteiger partial charge on any atom is 0.411 e. The fourth-order valence-corrected chi connectivity index (χ4v) is 1.95. The molecule has 120 valence electrons. The summed E-state index contributed by atoms with van der Waals surface area (Å²) >= 11 is 3.33. The van der Waals surface area contributed by atoms with E-state index in [2.05, 4.69) is 20.7 Å². The number of rotatable bonds is 9. The molecule has 0 bridgehead atoms. The number of benzene rings is 1. The van der Waals surface area contributed by atoms with Crippen molar-refractivity contribution < 1.29 is 27.4 Å². The molecule has 1 aromatic rings. The normalized spacial score (nSPS) is 11.5. The Hall–Kier alpha value is -0.950. The maximum absolute atomic E-state index is 11.9. The van der Waals surface area contributed by atoms with Crippen molar-refractivity contribution in [3.05, 3.63) is 23.8 Å². The van der Waals surface area contributed by atoms with Crippen molar-refractivity contribution in [1.82, 2.24) is 0 Å². The predicted molar refractivity (Wildman–Crippen MR) is 77.2 cm³/mol. The number of hydrogen-bond donors (Lipinski definition) is 0. The van der Waals surface area contributed by atoms with Crippen LogP contribution in [0.2, 0.25) is 0 Å². The highest BCUT2D eigenvalue weighted by atomic mass is 79.9. The van der Waals surface area contributed by atoms with Gasteiger partial charge in [0.2, 0.25) is 0 Å². The average molecular weight is 371 g/mol. The summed E-state index contributed by atoms with van der Waals surface area (Å²) in [4.78, 5) is 0. The van der Waals surface area contributed by atoms with E-state index < -0.39 is 12.8 Å². The van der Waals surface area contributed by atoms with E-state index in [4.69, 9.17) is 9.47 Å². The summed E-state index contributed by atoms with van der Waals surface area (Å²) < 4.78 is 51.2. The summed E-state index contributed by atoms with van der Waals surface area (Å²) in [5.41, 5.74) is 0.898. The van der Waals surface area contributed by atoms with Crippen molar-refractivity contribution in [3.63, 3.8) is 0 Å². The molecule has 7 heteroatoms. The third-order valence-electron chi connectivity index (χ3n) is 2.41. The van der Waals surface area contributed by atoms with Crippen molar-refractivity contribution in [2.45, 2.75) is 24.9 Å². The average Bonchev–Trinajstić information content (AvgIpc) is 2.43. The molecule has 0 unspecified atom stereocenters. The van der Waals surface area contributed by atoms with Crippen LogP contribution >= 0.6 is 15.9 Å². The minimum atomic E-state index is -4.31. The summed E-state index contributed by atoms with van der Waals surface area (Å²) in [6, 6.07) is 5.42. The van der Waals surface area contributed by atoms with Gasteiger partial charge in [0.15, 0.2) is 0 Å². The molecule has 0 saturated carbocycles. The Balaban J connectivity index is 2.48. The molecule has 21 heavy (non-hydrogen) atoms. The highest BCUT2D eigenvalue weighted by Gasteiger charge is 2.27. The van der Waals surface area contributed by atoms with Crippen LogP contribution in [0.4, 0.5) is 13.2 Å². The number of ether oxygens (including phenoxy) is 3. The molecule has 0 aromatic heterocycles. The lowest BCUT2D eigenvalue weighted by Gasteiger charge is -2.13. The highest BCUT2D eigenvalue weighted by molar-refractivity contribution is 9.08. The molecule has 0 aliphatic heterocycles. The third kappa shape index (κ3) is 7.57. The van der Waals surface area contributed by atoms with Gasteiger partial charge in [-0.25, -0.2) is 0 Å². The molecule has 0 N–H and O–H groups in total. The van der Waals surface area contributed by atoms with E-state index in [1.807, 2.05) is 19.1 Å². The van der Waals surface area contributed by atoms with Gasteiger partial charge in [-0.1, -0.05) is 28.9 Å². The number of hydrogen-bond acceptors (Lipinski definition) is 3. The molecule has 0 aliphatic carbocycles. The first kappa shape index (κ1) is 18.1. The first-order chi connectivity index (χ1) is 9.96. The number of halogens is 4. The van der Waals surface area contributed by atoms with Crippen LogP contribution in [-0.4, -0.2) is 32.6 Å². The van der Waals surface area contributed by atoms with Gasteiger partial charge in [-0.15, -0.1) is 0 Å². The smallest absolute Gasteiger partial charge is 0.411 e. The van der Waals surface area contributed by atoms with Gasteiger partial charge in [-0.05, 0) is 12.5 Å². The Kier molecular flexibility index (Phi) is 7.88. The maximum atomic E-state index is 11.9. The SMILES string of the molecule is CCCOc1ccc(CBr)c(OCCOCC(F)(F)F)c1. The van der Waals surface area contributed by atoms with Crippen molar-refractivity contribution in [2.24, 2.45) is 0 Å². The first-order valence-corrected chi connectivity index (χ1v) is 7.67. The van der Waals surface area contributed by atoms with E-state index in [-0.39, 0.29) is 13.2 Å². The standard InChI is InChI=1S/C14H18BrF3O3/c1-2-5-20-12-4-3-11(9-15)13(8-12)21-7-6-19-10-14(16,17)18/h3-4,8H,2,5-7,9-10H2,1H3. The largest absolute Gasteiger partial charge is 0.493 e. The lowest BCUT2D eigenvalue weighted by Crippen LogP contribution is -2.19.